The van der Waals surface area contributed by atoms with Gasteiger partial charge < -0.3 is 11.1 Å². The summed E-state index contributed by atoms with van der Waals surface area (Å²) in [6.07, 6.45) is 0.374. The molecule has 0 bridgehead atoms. The molecule has 0 spiro atoms. The summed E-state index contributed by atoms with van der Waals surface area (Å²) >= 11 is 0. The minimum atomic E-state index is -0.0222. The monoisotopic (exact) mass is 270 g/mol. The zero-order valence-corrected chi connectivity index (χ0v) is 12.1. The molecule has 0 fully saturated rings. The number of hydrogen-bond donors (Lipinski definition) is 2. The van der Waals surface area contributed by atoms with Crippen LogP contribution >= 0.6 is 12.4 Å². The van der Waals surface area contributed by atoms with Gasteiger partial charge in [-0.3, -0.25) is 4.79 Å². The lowest BCUT2D eigenvalue weighted by Crippen LogP contribution is -2.37. The standard InChI is InChI=1S/C14H22N2O.ClH/c1-14(2,3)13(16-12(17)9-10-15)11-7-5-4-6-8-11;/h4-8,13H,9-10,15H2,1-3H3,(H,16,17);1H. The molecule has 1 rings (SSSR count). The number of nitrogens with one attached hydrogen (secondary N) is 1. The van der Waals surface area contributed by atoms with Gasteiger partial charge in [-0.2, -0.15) is 0 Å². The van der Waals surface area contributed by atoms with Crippen LogP contribution in [-0.2, 0) is 4.79 Å². The second-order valence-electron chi connectivity index (χ2n) is 5.32. The van der Waals surface area contributed by atoms with Gasteiger partial charge >= 0.3 is 0 Å². The maximum absolute atomic E-state index is 11.7. The van der Waals surface area contributed by atoms with E-state index in [2.05, 4.69) is 26.1 Å². The van der Waals surface area contributed by atoms with E-state index in [1.807, 2.05) is 30.3 Å². The van der Waals surface area contributed by atoms with Gasteiger partial charge in [-0.25, -0.2) is 0 Å². The first-order chi connectivity index (χ1) is 7.95. The molecule has 0 aromatic heterocycles. The molecule has 1 unspecified atom stereocenters. The maximum atomic E-state index is 11.7. The Hall–Kier alpha value is -1.06. The Morgan fingerprint density at radius 3 is 2.28 bits per heavy atom. The van der Waals surface area contributed by atoms with Crippen LogP contribution in [0.1, 0.15) is 38.8 Å². The second-order valence-corrected chi connectivity index (χ2v) is 5.32. The van der Waals surface area contributed by atoms with Crippen molar-refractivity contribution in [3.8, 4) is 0 Å². The zero-order valence-electron chi connectivity index (χ0n) is 11.3. The number of halogens is 1. The molecule has 1 aromatic carbocycles. The second kappa shape index (κ2) is 7.39. The summed E-state index contributed by atoms with van der Waals surface area (Å²) < 4.78 is 0. The first-order valence-electron chi connectivity index (χ1n) is 5.99. The summed E-state index contributed by atoms with van der Waals surface area (Å²) in [6, 6.07) is 10.1. The van der Waals surface area contributed by atoms with E-state index >= 15 is 0 Å². The lowest BCUT2D eigenvalue weighted by molar-refractivity contribution is -0.122. The summed E-state index contributed by atoms with van der Waals surface area (Å²) in [4.78, 5) is 11.7. The van der Waals surface area contributed by atoms with E-state index in [4.69, 9.17) is 5.73 Å². The Morgan fingerprint density at radius 2 is 1.83 bits per heavy atom. The first-order valence-corrected chi connectivity index (χ1v) is 5.99. The average Bonchev–Trinajstić information content (AvgIpc) is 2.26. The van der Waals surface area contributed by atoms with Crippen LogP contribution in [0.3, 0.4) is 0 Å². The minimum Gasteiger partial charge on any atom is -0.349 e. The van der Waals surface area contributed by atoms with Gasteiger partial charge in [0.25, 0.3) is 0 Å². The van der Waals surface area contributed by atoms with E-state index in [9.17, 15) is 4.79 Å². The third-order valence-corrected chi connectivity index (χ3v) is 2.68. The summed E-state index contributed by atoms with van der Waals surface area (Å²) in [5.74, 6) is 0.0104. The van der Waals surface area contributed by atoms with E-state index in [1.54, 1.807) is 0 Å². The van der Waals surface area contributed by atoms with Crippen molar-refractivity contribution in [3.05, 3.63) is 35.9 Å². The molecule has 4 heteroatoms. The van der Waals surface area contributed by atoms with Crippen LogP contribution in [-0.4, -0.2) is 12.5 Å². The number of carbonyl (C=O) groups is 1. The molecule has 0 aliphatic carbocycles. The molecule has 1 atom stereocenters. The highest BCUT2D eigenvalue weighted by atomic mass is 35.5. The third-order valence-electron chi connectivity index (χ3n) is 2.68. The highest BCUT2D eigenvalue weighted by molar-refractivity contribution is 5.85. The van der Waals surface area contributed by atoms with E-state index in [-0.39, 0.29) is 29.8 Å². The van der Waals surface area contributed by atoms with Gasteiger partial charge in [0.15, 0.2) is 0 Å². The van der Waals surface area contributed by atoms with Gasteiger partial charge in [-0.1, -0.05) is 51.1 Å². The molecule has 0 aliphatic heterocycles. The molecule has 0 saturated heterocycles. The fourth-order valence-electron chi connectivity index (χ4n) is 1.81. The summed E-state index contributed by atoms with van der Waals surface area (Å²) in [6.45, 7) is 6.74. The molecule has 0 radical (unpaired) electrons. The molecule has 0 saturated carbocycles. The average molecular weight is 271 g/mol. The van der Waals surface area contributed by atoms with E-state index in [0.717, 1.165) is 5.56 Å². The molecule has 0 aliphatic rings. The Morgan fingerprint density at radius 1 is 1.28 bits per heavy atom. The predicted octanol–water partition coefficient (Wildman–Crippen LogP) is 2.66. The molecule has 1 amide bonds. The number of hydrogen-bond acceptors (Lipinski definition) is 2. The quantitative estimate of drug-likeness (QED) is 0.884. The van der Waals surface area contributed by atoms with Crippen molar-refractivity contribution in [3.63, 3.8) is 0 Å². The van der Waals surface area contributed by atoms with E-state index in [0.29, 0.717) is 13.0 Å². The molecular formula is C14H23ClN2O. The van der Waals surface area contributed by atoms with Gasteiger partial charge in [-0.15, -0.1) is 12.4 Å². The normalized spacial score (nSPS) is 12.4. The van der Waals surface area contributed by atoms with Gasteiger partial charge in [0, 0.05) is 13.0 Å². The van der Waals surface area contributed by atoms with Crippen LogP contribution in [0.15, 0.2) is 30.3 Å². The summed E-state index contributed by atoms with van der Waals surface area (Å²) in [5.41, 5.74) is 6.50. The molecule has 3 nitrogen and oxygen atoms in total. The van der Waals surface area contributed by atoms with Crippen LogP contribution in [0, 0.1) is 5.41 Å². The topological polar surface area (TPSA) is 55.1 Å². The number of amides is 1. The maximum Gasteiger partial charge on any atom is 0.221 e. The zero-order chi connectivity index (χ0) is 12.9. The van der Waals surface area contributed by atoms with Crippen LogP contribution in [0.2, 0.25) is 0 Å². The van der Waals surface area contributed by atoms with Crippen molar-refractivity contribution < 1.29 is 4.79 Å². The van der Waals surface area contributed by atoms with Crippen molar-refractivity contribution in [1.82, 2.24) is 5.32 Å². The van der Waals surface area contributed by atoms with Crippen LogP contribution in [0.25, 0.3) is 0 Å². The SMILES string of the molecule is CC(C)(C)C(NC(=O)CCN)c1ccccc1.Cl. The van der Waals surface area contributed by atoms with Gasteiger partial charge in [-0.05, 0) is 11.0 Å². The largest absolute Gasteiger partial charge is 0.349 e. The Kier molecular flexibility index (Phi) is 6.96. The Bertz CT molecular complexity index is 360. The smallest absolute Gasteiger partial charge is 0.221 e. The van der Waals surface area contributed by atoms with Gasteiger partial charge in [0.1, 0.15) is 0 Å². The number of carbonyl (C=O) groups excluding carboxylic acids is 1. The molecule has 3 N–H and O–H groups in total. The fourth-order valence-corrected chi connectivity index (χ4v) is 1.81. The van der Waals surface area contributed by atoms with Crippen molar-refractivity contribution in [2.45, 2.75) is 33.2 Å². The van der Waals surface area contributed by atoms with E-state index in [1.165, 1.54) is 0 Å². The number of benzene rings is 1. The summed E-state index contributed by atoms with van der Waals surface area (Å²) in [7, 11) is 0. The Labute approximate surface area is 116 Å². The lowest BCUT2D eigenvalue weighted by Gasteiger charge is -2.32. The molecule has 1 aromatic rings. The number of nitrogens with two attached hydrogens (primary N) is 1. The van der Waals surface area contributed by atoms with Crippen molar-refractivity contribution >= 4 is 18.3 Å². The highest BCUT2D eigenvalue weighted by Gasteiger charge is 2.27. The van der Waals surface area contributed by atoms with Gasteiger partial charge in [0.05, 0.1) is 6.04 Å². The van der Waals surface area contributed by atoms with Crippen LogP contribution in [0.5, 0.6) is 0 Å². The van der Waals surface area contributed by atoms with Crippen molar-refractivity contribution in [2.24, 2.45) is 11.1 Å². The van der Waals surface area contributed by atoms with Crippen molar-refractivity contribution in [2.75, 3.05) is 6.54 Å². The van der Waals surface area contributed by atoms with Crippen molar-refractivity contribution in [1.29, 1.82) is 0 Å². The van der Waals surface area contributed by atoms with Gasteiger partial charge in [0.2, 0.25) is 5.91 Å². The van der Waals surface area contributed by atoms with Crippen LogP contribution < -0.4 is 11.1 Å². The lowest BCUT2D eigenvalue weighted by atomic mass is 9.82. The summed E-state index contributed by atoms with van der Waals surface area (Å²) in [5, 5.41) is 3.06. The first kappa shape index (κ1) is 16.9. The minimum absolute atomic E-state index is 0. The molecular weight excluding hydrogens is 248 g/mol. The molecule has 102 valence electrons. The highest BCUT2D eigenvalue weighted by Crippen LogP contribution is 2.32. The molecule has 18 heavy (non-hydrogen) atoms. The van der Waals surface area contributed by atoms with E-state index < -0.39 is 0 Å². The fraction of sp³-hybridized carbons (Fsp3) is 0.500. The number of rotatable bonds is 4. The predicted molar refractivity (Wildman–Crippen MR) is 77.7 cm³/mol. The Balaban J connectivity index is 0.00000289. The third kappa shape index (κ3) is 5.07. The molecule has 0 heterocycles. The van der Waals surface area contributed by atoms with Crippen LogP contribution in [0.4, 0.5) is 0 Å².